The second-order valence-electron chi connectivity index (χ2n) is 7.62. The van der Waals surface area contributed by atoms with Gasteiger partial charge in [0.05, 0.1) is 36.7 Å². The number of carbonyl (C=O) groups is 1. The molecule has 1 saturated heterocycles. The first-order valence-electron chi connectivity index (χ1n) is 10.6. The molecule has 4 rings (SSSR count). The van der Waals surface area contributed by atoms with Gasteiger partial charge in [0.2, 0.25) is 5.91 Å². The monoisotopic (exact) mass is 477 g/mol. The number of carbonyl (C=O) groups excluding carboxylic acids is 1. The number of ether oxygens (including phenoxy) is 1. The van der Waals surface area contributed by atoms with Gasteiger partial charge in [0, 0.05) is 32.1 Å². The Bertz CT molecular complexity index is 1260. The summed E-state index contributed by atoms with van der Waals surface area (Å²) in [7, 11) is 0. The zero-order valence-electron chi connectivity index (χ0n) is 18.4. The number of morpholine rings is 1. The summed E-state index contributed by atoms with van der Waals surface area (Å²) < 4.78 is 31.6. The van der Waals surface area contributed by atoms with Crippen molar-refractivity contribution >= 4 is 16.8 Å². The van der Waals surface area contributed by atoms with Crippen molar-refractivity contribution in [1.29, 1.82) is 0 Å². The molecule has 12 heteroatoms. The van der Waals surface area contributed by atoms with Crippen LogP contribution >= 0.6 is 0 Å². The van der Waals surface area contributed by atoms with E-state index in [9.17, 15) is 28.3 Å². The van der Waals surface area contributed by atoms with Crippen molar-refractivity contribution in [3.05, 3.63) is 68.6 Å². The summed E-state index contributed by atoms with van der Waals surface area (Å²) in [5, 5.41) is 12.1. The minimum Gasteiger partial charge on any atom is -0.507 e. The Kier molecular flexibility index (Phi) is 8.44. The molecule has 182 valence electrons. The van der Waals surface area contributed by atoms with Crippen molar-refractivity contribution in [2.75, 3.05) is 32.8 Å². The van der Waals surface area contributed by atoms with E-state index >= 15 is 0 Å². The molecule has 34 heavy (non-hydrogen) atoms. The first-order valence-corrected chi connectivity index (χ1v) is 10.6. The maximum atomic E-state index is 13.6. The van der Waals surface area contributed by atoms with Crippen LogP contribution in [-0.2, 0) is 9.53 Å². The molecule has 3 aromatic rings. The van der Waals surface area contributed by atoms with E-state index in [1.165, 1.54) is 6.07 Å². The van der Waals surface area contributed by atoms with E-state index < -0.39 is 28.9 Å². The third kappa shape index (κ3) is 6.68. The van der Waals surface area contributed by atoms with Gasteiger partial charge in [0.25, 0.3) is 5.56 Å². The number of aromatic hydroxyl groups is 1. The summed E-state index contributed by atoms with van der Waals surface area (Å²) in [5.41, 5.74) is -0.801. The number of aromatic nitrogens is 3. The molecule has 0 bridgehead atoms. The molecule has 3 heterocycles. The van der Waals surface area contributed by atoms with Gasteiger partial charge in [-0.3, -0.25) is 24.5 Å². The molecule has 2 aromatic heterocycles. The Morgan fingerprint density at radius 2 is 2.00 bits per heavy atom. The fourth-order valence-corrected chi connectivity index (χ4v) is 3.41. The van der Waals surface area contributed by atoms with Crippen LogP contribution in [-0.4, -0.2) is 63.7 Å². The number of H-pyrrole nitrogens is 2. The lowest BCUT2D eigenvalue weighted by Gasteiger charge is -2.26. The number of phenolic OH excluding ortho intramolecular Hbond substituents is 1. The van der Waals surface area contributed by atoms with Gasteiger partial charge < -0.3 is 20.1 Å². The molecule has 10 nitrogen and oxygen atoms in total. The van der Waals surface area contributed by atoms with Crippen molar-refractivity contribution in [1.82, 2.24) is 25.2 Å². The Labute approximate surface area is 192 Å². The number of benzene rings is 1. The number of phenols is 1. The van der Waals surface area contributed by atoms with E-state index in [0.717, 1.165) is 25.4 Å². The molecule has 1 amide bonds. The van der Waals surface area contributed by atoms with Crippen LogP contribution in [0.15, 0.2) is 40.1 Å². The van der Waals surface area contributed by atoms with Crippen LogP contribution in [0.4, 0.5) is 8.78 Å². The molecular weight excluding hydrogens is 452 g/mol. The highest BCUT2D eigenvalue weighted by Crippen LogP contribution is 2.17. The summed E-state index contributed by atoms with van der Waals surface area (Å²) in [5.74, 6) is -1.81. The predicted molar refractivity (Wildman–Crippen MR) is 119 cm³/mol. The van der Waals surface area contributed by atoms with Gasteiger partial charge in [0.15, 0.2) is 0 Å². The summed E-state index contributed by atoms with van der Waals surface area (Å²) in [6.45, 7) is 5.26. The number of nitrogens with zero attached hydrogens (tertiary/aromatic N) is 2. The van der Waals surface area contributed by atoms with Crippen LogP contribution in [0.2, 0.25) is 0 Å². The standard InChI is InChI=1S/C14H19F2N3O2.C8H6N2O3/c1-10(14-12(16)8-11(15)9-17-14)18-13(20)2-3-19-4-6-21-7-5-19;11-5-3-1-2-4-6(5)7(12)10-8(13)9-4/h8-10H,2-7H2,1H3,(H,18,20);1-3,11H,(H2,9,10,12,13). The highest BCUT2D eigenvalue weighted by molar-refractivity contribution is 5.83. The van der Waals surface area contributed by atoms with E-state index in [2.05, 4.69) is 20.2 Å². The van der Waals surface area contributed by atoms with E-state index in [4.69, 9.17) is 4.74 Å². The minimum absolute atomic E-state index is 0.0381. The molecule has 0 aliphatic carbocycles. The van der Waals surface area contributed by atoms with Crippen LogP contribution in [0.25, 0.3) is 10.9 Å². The molecule has 0 radical (unpaired) electrons. The number of nitrogens with one attached hydrogen (secondary N) is 3. The lowest BCUT2D eigenvalue weighted by atomic mass is 10.2. The van der Waals surface area contributed by atoms with E-state index in [0.29, 0.717) is 31.7 Å². The number of hydrogen-bond donors (Lipinski definition) is 4. The summed E-state index contributed by atoms with van der Waals surface area (Å²) in [4.78, 5) is 44.1. The molecule has 0 saturated carbocycles. The minimum atomic E-state index is -0.754. The molecule has 1 aliphatic heterocycles. The van der Waals surface area contributed by atoms with Gasteiger partial charge in [-0.2, -0.15) is 0 Å². The molecule has 0 spiro atoms. The molecule has 1 fully saturated rings. The number of hydrogen-bond acceptors (Lipinski definition) is 7. The zero-order valence-corrected chi connectivity index (χ0v) is 18.4. The molecule has 1 unspecified atom stereocenters. The normalized spacial score (nSPS) is 14.8. The second-order valence-corrected chi connectivity index (χ2v) is 7.62. The Balaban J connectivity index is 0.000000212. The fourth-order valence-electron chi connectivity index (χ4n) is 3.41. The van der Waals surface area contributed by atoms with Gasteiger partial charge in [-0.1, -0.05) is 6.07 Å². The smallest absolute Gasteiger partial charge is 0.326 e. The third-order valence-electron chi connectivity index (χ3n) is 5.13. The molecule has 4 N–H and O–H groups in total. The van der Waals surface area contributed by atoms with Crippen molar-refractivity contribution in [2.45, 2.75) is 19.4 Å². The van der Waals surface area contributed by atoms with E-state index in [1.54, 1.807) is 19.1 Å². The summed E-state index contributed by atoms with van der Waals surface area (Å²) in [6, 6.07) is 4.65. The predicted octanol–water partition coefficient (Wildman–Crippen LogP) is 1.18. The molecule has 1 atom stereocenters. The van der Waals surface area contributed by atoms with Crippen LogP contribution in [0.5, 0.6) is 5.75 Å². The summed E-state index contributed by atoms with van der Waals surface area (Å²) in [6.07, 6.45) is 1.27. The Morgan fingerprint density at radius 1 is 1.26 bits per heavy atom. The lowest BCUT2D eigenvalue weighted by Crippen LogP contribution is -2.39. The maximum absolute atomic E-state index is 13.6. The SMILES string of the molecule is CC(NC(=O)CCN1CCOCC1)c1ncc(F)cc1F.O=c1[nH]c(=O)c2c(O)cccc2[nH]1. The first kappa shape index (κ1) is 25.0. The van der Waals surface area contributed by atoms with Gasteiger partial charge in [-0.25, -0.2) is 13.6 Å². The molecular formula is C22H25F2N5O5. The van der Waals surface area contributed by atoms with Crippen molar-refractivity contribution in [2.24, 2.45) is 0 Å². The fraction of sp³-hybridized carbons (Fsp3) is 0.364. The van der Waals surface area contributed by atoms with Crippen molar-refractivity contribution in [3.8, 4) is 5.75 Å². The molecule has 1 aromatic carbocycles. The van der Waals surface area contributed by atoms with E-state index in [1.807, 2.05) is 4.98 Å². The lowest BCUT2D eigenvalue weighted by molar-refractivity contribution is -0.122. The average molecular weight is 477 g/mol. The van der Waals surface area contributed by atoms with Gasteiger partial charge in [0.1, 0.15) is 22.8 Å². The number of pyridine rings is 1. The maximum Gasteiger partial charge on any atom is 0.326 e. The Morgan fingerprint density at radius 3 is 2.71 bits per heavy atom. The quantitative estimate of drug-likeness (QED) is 0.433. The highest BCUT2D eigenvalue weighted by Gasteiger charge is 2.17. The Hall–Kier alpha value is -3.64. The first-order chi connectivity index (χ1) is 16.2. The van der Waals surface area contributed by atoms with Crippen molar-refractivity contribution < 1.29 is 23.4 Å². The van der Waals surface area contributed by atoms with Gasteiger partial charge >= 0.3 is 5.69 Å². The van der Waals surface area contributed by atoms with Crippen LogP contribution in [0.3, 0.4) is 0 Å². The van der Waals surface area contributed by atoms with E-state index in [-0.39, 0.29) is 22.7 Å². The van der Waals surface area contributed by atoms with Crippen LogP contribution in [0.1, 0.15) is 25.1 Å². The average Bonchev–Trinajstić information content (AvgIpc) is 2.78. The molecule has 1 aliphatic rings. The second kappa shape index (κ2) is 11.5. The third-order valence-corrected chi connectivity index (χ3v) is 5.13. The van der Waals surface area contributed by atoms with Crippen LogP contribution in [0, 0.1) is 11.6 Å². The number of amides is 1. The largest absolute Gasteiger partial charge is 0.507 e. The number of halogens is 2. The number of rotatable bonds is 5. The number of fused-ring (bicyclic) bond motifs is 1. The van der Waals surface area contributed by atoms with Gasteiger partial charge in [-0.15, -0.1) is 0 Å². The highest BCUT2D eigenvalue weighted by atomic mass is 19.1. The van der Waals surface area contributed by atoms with Crippen LogP contribution < -0.4 is 16.6 Å². The van der Waals surface area contributed by atoms with Crippen molar-refractivity contribution in [3.63, 3.8) is 0 Å². The summed E-state index contributed by atoms with van der Waals surface area (Å²) >= 11 is 0. The topological polar surface area (TPSA) is 140 Å². The van der Waals surface area contributed by atoms with Gasteiger partial charge in [-0.05, 0) is 19.1 Å². The zero-order chi connectivity index (χ0) is 24.7. The number of aromatic amines is 2.